The highest BCUT2D eigenvalue weighted by Crippen LogP contribution is 2.18. The van der Waals surface area contributed by atoms with Crippen molar-refractivity contribution >= 4 is 5.91 Å². The predicted molar refractivity (Wildman–Crippen MR) is 73.7 cm³/mol. The molecule has 0 bridgehead atoms. The quantitative estimate of drug-likeness (QED) is 0.889. The molecule has 0 saturated carbocycles. The van der Waals surface area contributed by atoms with Gasteiger partial charge in [0, 0.05) is 13.1 Å². The number of rotatable bonds is 2. The molecule has 4 heteroatoms. The normalized spacial score (nSPS) is 19.8. The Bertz CT molecular complexity index is 453. The van der Waals surface area contributed by atoms with Crippen LogP contribution in [0.25, 0.3) is 0 Å². The first-order valence-corrected chi connectivity index (χ1v) is 6.84. The second kappa shape index (κ2) is 6.15. The van der Waals surface area contributed by atoms with Crippen molar-refractivity contribution < 1.29 is 9.18 Å². The average molecular weight is 264 g/mol. The van der Waals surface area contributed by atoms with Gasteiger partial charge in [0.25, 0.3) is 5.91 Å². The Morgan fingerprint density at radius 1 is 1.37 bits per heavy atom. The minimum atomic E-state index is -0.397. The lowest BCUT2D eigenvalue weighted by molar-refractivity contribution is 0.0715. The monoisotopic (exact) mass is 264 g/mol. The second-order valence-electron chi connectivity index (χ2n) is 5.19. The number of benzene rings is 1. The third-order valence-corrected chi connectivity index (χ3v) is 3.84. The smallest absolute Gasteiger partial charge is 0.256 e. The Labute approximate surface area is 113 Å². The number of nitrogens with zero attached hydrogens (tertiary/aromatic N) is 1. The van der Waals surface area contributed by atoms with Crippen LogP contribution < -0.4 is 5.32 Å². The van der Waals surface area contributed by atoms with E-state index in [2.05, 4.69) is 5.32 Å². The van der Waals surface area contributed by atoms with E-state index in [1.807, 2.05) is 0 Å². The lowest BCUT2D eigenvalue weighted by Gasteiger charge is -2.27. The average Bonchev–Trinajstić information content (AvgIpc) is 2.69. The highest BCUT2D eigenvalue weighted by atomic mass is 19.1. The Balaban J connectivity index is 2.15. The molecule has 0 aliphatic carbocycles. The minimum absolute atomic E-state index is 0.180. The van der Waals surface area contributed by atoms with Crippen LogP contribution in [-0.2, 0) is 0 Å². The van der Waals surface area contributed by atoms with Crippen molar-refractivity contribution in [2.45, 2.75) is 32.2 Å². The third kappa shape index (κ3) is 3.13. The Morgan fingerprint density at radius 2 is 2.16 bits per heavy atom. The number of carbonyl (C=O) groups is 1. The SMILES string of the molecule is Cc1cccc(C(=O)N(C)C2CCCNCC2)c1F. The summed E-state index contributed by atoms with van der Waals surface area (Å²) in [5.74, 6) is -0.612. The standard InChI is InChI=1S/C15H21FN2O/c1-11-5-3-7-13(14(11)16)15(19)18(2)12-6-4-9-17-10-8-12/h3,5,7,12,17H,4,6,8-10H2,1-2H3. The number of carbonyl (C=O) groups excluding carboxylic acids is 1. The summed E-state index contributed by atoms with van der Waals surface area (Å²) in [5.41, 5.74) is 0.696. The maximum Gasteiger partial charge on any atom is 0.256 e. The van der Waals surface area contributed by atoms with E-state index in [4.69, 9.17) is 0 Å². The molecule has 19 heavy (non-hydrogen) atoms. The molecule has 1 aromatic rings. The predicted octanol–water partition coefficient (Wildman–Crippen LogP) is 2.35. The van der Waals surface area contributed by atoms with Crippen molar-refractivity contribution in [3.05, 3.63) is 35.1 Å². The zero-order valence-electron chi connectivity index (χ0n) is 11.6. The number of amides is 1. The van der Waals surface area contributed by atoms with Crippen LogP contribution in [0.5, 0.6) is 0 Å². The highest BCUT2D eigenvalue weighted by Gasteiger charge is 2.24. The number of aryl methyl sites for hydroxylation is 1. The summed E-state index contributed by atoms with van der Waals surface area (Å²) in [4.78, 5) is 14.1. The van der Waals surface area contributed by atoms with Crippen LogP contribution in [0.3, 0.4) is 0 Å². The lowest BCUT2D eigenvalue weighted by Crippen LogP contribution is -2.38. The zero-order valence-corrected chi connectivity index (χ0v) is 11.6. The van der Waals surface area contributed by atoms with Gasteiger partial charge in [-0.15, -0.1) is 0 Å². The molecule has 1 amide bonds. The number of halogens is 1. The molecule has 0 aromatic heterocycles. The van der Waals surface area contributed by atoms with Crippen LogP contribution in [0.1, 0.15) is 35.2 Å². The Hall–Kier alpha value is -1.42. The summed E-state index contributed by atoms with van der Waals surface area (Å²) >= 11 is 0. The van der Waals surface area contributed by atoms with Crippen LogP contribution >= 0.6 is 0 Å². The molecular weight excluding hydrogens is 243 g/mol. The largest absolute Gasteiger partial charge is 0.339 e. The number of hydrogen-bond donors (Lipinski definition) is 1. The fraction of sp³-hybridized carbons (Fsp3) is 0.533. The van der Waals surface area contributed by atoms with Gasteiger partial charge in [-0.3, -0.25) is 4.79 Å². The van der Waals surface area contributed by atoms with Gasteiger partial charge in [-0.2, -0.15) is 0 Å². The molecule has 1 aliphatic heterocycles. The van der Waals surface area contributed by atoms with Gasteiger partial charge in [0.2, 0.25) is 0 Å². The summed E-state index contributed by atoms with van der Waals surface area (Å²) in [6, 6.07) is 5.17. The maximum absolute atomic E-state index is 14.0. The summed E-state index contributed by atoms with van der Waals surface area (Å²) in [6.07, 6.45) is 2.96. The van der Waals surface area contributed by atoms with Gasteiger partial charge in [0.1, 0.15) is 5.82 Å². The van der Waals surface area contributed by atoms with E-state index in [1.54, 1.807) is 37.1 Å². The summed E-state index contributed by atoms with van der Waals surface area (Å²) in [5, 5.41) is 3.32. The molecular formula is C15H21FN2O. The summed E-state index contributed by atoms with van der Waals surface area (Å²) < 4.78 is 14.0. The molecule has 0 radical (unpaired) electrons. The first-order valence-electron chi connectivity index (χ1n) is 6.84. The zero-order chi connectivity index (χ0) is 13.8. The molecule has 1 atom stereocenters. The van der Waals surface area contributed by atoms with E-state index < -0.39 is 5.82 Å². The molecule has 2 rings (SSSR count). The lowest BCUT2D eigenvalue weighted by atomic mass is 10.1. The fourth-order valence-corrected chi connectivity index (χ4v) is 2.56. The molecule has 3 nitrogen and oxygen atoms in total. The van der Waals surface area contributed by atoms with Crippen molar-refractivity contribution in [3.63, 3.8) is 0 Å². The summed E-state index contributed by atoms with van der Waals surface area (Å²) in [7, 11) is 1.78. The molecule has 1 N–H and O–H groups in total. The first-order chi connectivity index (χ1) is 9.11. The van der Waals surface area contributed by atoms with E-state index in [0.29, 0.717) is 5.56 Å². The molecule has 1 aromatic carbocycles. The summed E-state index contributed by atoms with van der Waals surface area (Å²) in [6.45, 7) is 3.59. The highest BCUT2D eigenvalue weighted by molar-refractivity contribution is 5.94. The first kappa shape index (κ1) is 14.0. The molecule has 1 heterocycles. The van der Waals surface area contributed by atoms with Crippen molar-refractivity contribution in [2.24, 2.45) is 0 Å². The van der Waals surface area contributed by atoms with Gasteiger partial charge >= 0.3 is 0 Å². The van der Waals surface area contributed by atoms with E-state index in [0.717, 1.165) is 32.4 Å². The van der Waals surface area contributed by atoms with E-state index >= 15 is 0 Å². The number of nitrogens with one attached hydrogen (secondary N) is 1. The molecule has 104 valence electrons. The van der Waals surface area contributed by atoms with Crippen LogP contribution in [0, 0.1) is 12.7 Å². The second-order valence-corrected chi connectivity index (χ2v) is 5.19. The Kier molecular flexibility index (Phi) is 4.53. The maximum atomic E-state index is 14.0. The van der Waals surface area contributed by atoms with Crippen LogP contribution in [-0.4, -0.2) is 37.0 Å². The van der Waals surface area contributed by atoms with Gasteiger partial charge in [-0.05, 0) is 50.9 Å². The van der Waals surface area contributed by atoms with Crippen LogP contribution in [0.15, 0.2) is 18.2 Å². The number of hydrogen-bond acceptors (Lipinski definition) is 2. The van der Waals surface area contributed by atoms with Crippen molar-refractivity contribution in [2.75, 3.05) is 20.1 Å². The van der Waals surface area contributed by atoms with E-state index in [1.165, 1.54) is 0 Å². The van der Waals surface area contributed by atoms with Crippen molar-refractivity contribution in [3.8, 4) is 0 Å². The van der Waals surface area contributed by atoms with E-state index in [-0.39, 0.29) is 17.5 Å². The molecule has 1 fully saturated rings. The minimum Gasteiger partial charge on any atom is -0.339 e. The molecule has 1 unspecified atom stereocenters. The van der Waals surface area contributed by atoms with Gasteiger partial charge in [0.15, 0.2) is 0 Å². The van der Waals surface area contributed by atoms with Crippen LogP contribution in [0.4, 0.5) is 4.39 Å². The molecule has 1 aliphatic rings. The van der Waals surface area contributed by atoms with Crippen molar-refractivity contribution in [1.29, 1.82) is 0 Å². The van der Waals surface area contributed by atoms with Gasteiger partial charge in [-0.1, -0.05) is 12.1 Å². The molecule has 0 spiro atoms. The fourth-order valence-electron chi connectivity index (χ4n) is 2.56. The van der Waals surface area contributed by atoms with Crippen molar-refractivity contribution in [1.82, 2.24) is 10.2 Å². The Morgan fingerprint density at radius 3 is 2.95 bits per heavy atom. The van der Waals surface area contributed by atoms with Crippen LogP contribution in [0.2, 0.25) is 0 Å². The van der Waals surface area contributed by atoms with Gasteiger partial charge < -0.3 is 10.2 Å². The van der Waals surface area contributed by atoms with Gasteiger partial charge in [0.05, 0.1) is 5.56 Å². The van der Waals surface area contributed by atoms with Gasteiger partial charge in [-0.25, -0.2) is 4.39 Å². The third-order valence-electron chi connectivity index (χ3n) is 3.84. The van der Waals surface area contributed by atoms with E-state index in [9.17, 15) is 9.18 Å². The topological polar surface area (TPSA) is 32.3 Å². The molecule has 1 saturated heterocycles.